The smallest absolute Gasteiger partial charge is 0.180 e. The fourth-order valence-electron chi connectivity index (χ4n) is 4.38. The Bertz CT molecular complexity index is 630. The van der Waals surface area contributed by atoms with Crippen molar-refractivity contribution in [3.05, 3.63) is 11.9 Å². The van der Waals surface area contributed by atoms with Gasteiger partial charge in [-0.05, 0) is 6.42 Å². The SMILES string of the molecule is CCCCCCCCCCCCCCCCOCc1cn([C@@H]2O[C@H](CO)[C@H](O)[C@H](O)[C@H]2O)nn1. The standard InChI is InChI=1S/C25H47N3O6/c1-2-3-4-5-6-7-8-9-10-11-12-13-14-15-16-33-19-20-17-28(27-26-20)25-24(32)23(31)22(30)21(18-29)34-25/h17,21-25,29-32H,2-16,18-19H2,1H3/t21-,22+,23+,24-,25-/m1/s1. The van der Waals surface area contributed by atoms with E-state index in [9.17, 15) is 20.4 Å². The number of aliphatic hydroxyl groups excluding tert-OH is 4. The number of ether oxygens (including phenoxy) is 2. The van der Waals surface area contributed by atoms with Crippen molar-refractivity contribution >= 4 is 0 Å². The molecule has 4 N–H and O–H groups in total. The average molecular weight is 486 g/mol. The highest BCUT2D eigenvalue weighted by Crippen LogP contribution is 2.27. The molecule has 0 spiro atoms. The van der Waals surface area contributed by atoms with Gasteiger partial charge in [0.25, 0.3) is 0 Å². The van der Waals surface area contributed by atoms with Gasteiger partial charge in [0, 0.05) is 6.61 Å². The van der Waals surface area contributed by atoms with Crippen molar-refractivity contribution in [1.82, 2.24) is 15.0 Å². The highest BCUT2D eigenvalue weighted by atomic mass is 16.6. The Balaban J connectivity index is 1.47. The first-order valence-electron chi connectivity index (χ1n) is 13.4. The quantitative estimate of drug-likeness (QED) is 0.220. The van der Waals surface area contributed by atoms with Gasteiger partial charge >= 0.3 is 0 Å². The van der Waals surface area contributed by atoms with Crippen LogP contribution in [0.25, 0.3) is 0 Å². The van der Waals surface area contributed by atoms with E-state index >= 15 is 0 Å². The lowest BCUT2D eigenvalue weighted by atomic mass is 9.98. The van der Waals surface area contributed by atoms with Gasteiger partial charge in [0.15, 0.2) is 6.23 Å². The second-order valence-electron chi connectivity index (χ2n) is 9.56. The summed E-state index contributed by atoms with van der Waals surface area (Å²) in [6, 6.07) is 0. The third kappa shape index (κ3) is 10.3. The molecule has 9 heteroatoms. The van der Waals surface area contributed by atoms with Crippen molar-refractivity contribution in [3.63, 3.8) is 0 Å². The van der Waals surface area contributed by atoms with Crippen LogP contribution in [0.15, 0.2) is 6.20 Å². The van der Waals surface area contributed by atoms with Gasteiger partial charge in [-0.3, -0.25) is 0 Å². The average Bonchev–Trinajstić information content (AvgIpc) is 3.31. The number of rotatable bonds is 19. The molecule has 0 aromatic carbocycles. The Morgan fingerprint density at radius 3 is 1.94 bits per heavy atom. The lowest BCUT2D eigenvalue weighted by Crippen LogP contribution is -2.56. The van der Waals surface area contributed by atoms with Crippen molar-refractivity contribution in [2.24, 2.45) is 0 Å². The Labute approximate surface area is 204 Å². The maximum absolute atomic E-state index is 10.2. The molecule has 0 radical (unpaired) electrons. The summed E-state index contributed by atoms with van der Waals surface area (Å²) in [5, 5.41) is 47.2. The minimum atomic E-state index is -1.44. The molecular weight excluding hydrogens is 438 g/mol. The number of aromatic nitrogens is 3. The number of unbranched alkanes of at least 4 members (excludes halogenated alkanes) is 13. The van der Waals surface area contributed by atoms with Crippen LogP contribution in [-0.2, 0) is 16.1 Å². The lowest BCUT2D eigenvalue weighted by Gasteiger charge is -2.39. The Kier molecular flexibility index (Phi) is 14.9. The summed E-state index contributed by atoms with van der Waals surface area (Å²) >= 11 is 0. The molecule has 5 atom stereocenters. The maximum atomic E-state index is 10.2. The zero-order valence-electron chi connectivity index (χ0n) is 20.9. The van der Waals surface area contributed by atoms with Crippen LogP contribution < -0.4 is 0 Å². The summed E-state index contributed by atoms with van der Waals surface area (Å²) in [6.45, 7) is 2.74. The molecule has 198 valence electrons. The fraction of sp³-hybridized carbons (Fsp3) is 0.920. The summed E-state index contributed by atoms with van der Waals surface area (Å²) in [6.07, 6.45) is 13.8. The second-order valence-corrected chi connectivity index (χ2v) is 9.56. The Morgan fingerprint density at radius 2 is 1.38 bits per heavy atom. The molecule has 1 aliphatic heterocycles. The van der Waals surface area contributed by atoms with E-state index in [1.165, 1.54) is 81.7 Å². The lowest BCUT2D eigenvalue weighted by molar-refractivity contribution is -0.254. The summed E-state index contributed by atoms with van der Waals surface area (Å²) in [4.78, 5) is 0. The van der Waals surface area contributed by atoms with Crippen LogP contribution in [0, 0.1) is 0 Å². The molecule has 0 bridgehead atoms. The van der Waals surface area contributed by atoms with Gasteiger partial charge in [0.1, 0.15) is 30.1 Å². The molecule has 1 saturated heterocycles. The van der Waals surface area contributed by atoms with Gasteiger partial charge in [-0.1, -0.05) is 95.6 Å². The van der Waals surface area contributed by atoms with Crippen LogP contribution in [0.3, 0.4) is 0 Å². The van der Waals surface area contributed by atoms with E-state index in [2.05, 4.69) is 17.2 Å². The number of hydrogen-bond donors (Lipinski definition) is 4. The van der Waals surface area contributed by atoms with E-state index in [4.69, 9.17) is 9.47 Å². The summed E-state index contributed by atoms with van der Waals surface area (Å²) in [5.41, 5.74) is 0.585. The van der Waals surface area contributed by atoms with Crippen LogP contribution in [-0.4, -0.2) is 73.0 Å². The van der Waals surface area contributed by atoms with Crippen LogP contribution in [0.1, 0.15) is 109 Å². The van der Waals surface area contributed by atoms with Crippen LogP contribution in [0.2, 0.25) is 0 Å². The van der Waals surface area contributed by atoms with Gasteiger partial charge in [-0.25, -0.2) is 4.68 Å². The van der Waals surface area contributed by atoms with Crippen LogP contribution in [0.4, 0.5) is 0 Å². The summed E-state index contributed by atoms with van der Waals surface area (Å²) < 4.78 is 12.4. The van der Waals surface area contributed by atoms with Gasteiger partial charge in [0.2, 0.25) is 0 Å². The fourth-order valence-corrected chi connectivity index (χ4v) is 4.38. The topological polar surface area (TPSA) is 130 Å². The van der Waals surface area contributed by atoms with Gasteiger partial charge in [-0.15, -0.1) is 5.10 Å². The molecule has 9 nitrogen and oxygen atoms in total. The molecule has 2 rings (SSSR count). The zero-order valence-corrected chi connectivity index (χ0v) is 20.9. The first-order chi connectivity index (χ1) is 16.6. The first-order valence-corrected chi connectivity index (χ1v) is 13.4. The second kappa shape index (κ2) is 17.3. The van der Waals surface area contributed by atoms with Gasteiger partial charge in [0.05, 0.1) is 19.4 Å². The molecule has 1 aromatic rings. The first kappa shape index (κ1) is 29.1. The third-order valence-electron chi connectivity index (χ3n) is 6.58. The van der Waals surface area contributed by atoms with Gasteiger partial charge < -0.3 is 29.9 Å². The number of aliphatic hydroxyl groups is 4. The van der Waals surface area contributed by atoms with E-state index < -0.39 is 37.3 Å². The van der Waals surface area contributed by atoms with Gasteiger partial charge in [-0.2, -0.15) is 0 Å². The van der Waals surface area contributed by atoms with Crippen LogP contribution >= 0.6 is 0 Å². The summed E-state index contributed by atoms with van der Waals surface area (Å²) in [7, 11) is 0. The van der Waals surface area contributed by atoms with Crippen molar-refractivity contribution in [2.75, 3.05) is 13.2 Å². The molecular formula is C25H47N3O6. The molecule has 34 heavy (non-hydrogen) atoms. The maximum Gasteiger partial charge on any atom is 0.180 e. The van der Waals surface area contributed by atoms with E-state index in [-0.39, 0.29) is 0 Å². The zero-order chi connectivity index (χ0) is 24.6. The van der Waals surface area contributed by atoms with Crippen molar-refractivity contribution in [2.45, 2.75) is 134 Å². The van der Waals surface area contributed by atoms with E-state index in [1.807, 2.05) is 0 Å². The number of hydrogen-bond acceptors (Lipinski definition) is 8. The largest absolute Gasteiger partial charge is 0.394 e. The Morgan fingerprint density at radius 1 is 0.824 bits per heavy atom. The molecule has 1 aliphatic rings. The molecule has 1 aromatic heterocycles. The van der Waals surface area contributed by atoms with Crippen molar-refractivity contribution in [1.29, 1.82) is 0 Å². The summed E-state index contributed by atoms with van der Waals surface area (Å²) in [5.74, 6) is 0. The third-order valence-corrected chi connectivity index (χ3v) is 6.58. The van der Waals surface area contributed by atoms with E-state index in [0.29, 0.717) is 18.9 Å². The number of nitrogens with zero attached hydrogens (tertiary/aromatic N) is 3. The highest BCUT2D eigenvalue weighted by Gasteiger charge is 2.44. The minimum absolute atomic E-state index is 0.301. The van der Waals surface area contributed by atoms with E-state index in [1.54, 1.807) is 6.20 Å². The highest BCUT2D eigenvalue weighted by molar-refractivity contribution is 4.95. The monoisotopic (exact) mass is 485 g/mol. The molecule has 0 aliphatic carbocycles. The predicted molar refractivity (Wildman–Crippen MR) is 129 cm³/mol. The Hall–Kier alpha value is -1.10. The van der Waals surface area contributed by atoms with Crippen LogP contribution in [0.5, 0.6) is 0 Å². The molecule has 0 unspecified atom stereocenters. The van der Waals surface area contributed by atoms with E-state index in [0.717, 1.165) is 12.8 Å². The molecule has 2 heterocycles. The molecule has 0 saturated carbocycles. The molecule has 1 fully saturated rings. The molecule has 0 amide bonds. The predicted octanol–water partition coefficient (Wildman–Crippen LogP) is 3.25. The normalized spacial score (nSPS) is 25.1. The van der Waals surface area contributed by atoms with Crippen molar-refractivity contribution < 1.29 is 29.9 Å². The van der Waals surface area contributed by atoms with Crippen molar-refractivity contribution in [3.8, 4) is 0 Å². The minimum Gasteiger partial charge on any atom is -0.394 e.